The van der Waals surface area contributed by atoms with Crippen molar-refractivity contribution < 1.29 is 9.13 Å². The van der Waals surface area contributed by atoms with Crippen molar-refractivity contribution in [3.63, 3.8) is 0 Å². The number of aromatic nitrogens is 1. The summed E-state index contributed by atoms with van der Waals surface area (Å²) in [4.78, 5) is 4.27. The molecule has 2 N–H and O–H groups in total. The van der Waals surface area contributed by atoms with Crippen LogP contribution in [-0.4, -0.2) is 9.97 Å². The van der Waals surface area contributed by atoms with E-state index in [9.17, 15) is 4.39 Å². The number of rotatable bonds is 3. The second-order valence-electron chi connectivity index (χ2n) is 3.55. The fourth-order valence-electron chi connectivity index (χ4n) is 1.28. The summed E-state index contributed by atoms with van der Waals surface area (Å²) in [5, 5.41) is 0.0102. The van der Waals surface area contributed by atoms with Crippen molar-refractivity contribution in [3.05, 3.63) is 51.3 Å². The molecular weight excluding hydrogens is 355 g/mol. The average molecular weight is 362 g/mol. The van der Waals surface area contributed by atoms with Crippen LogP contribution in [0.15, 0.2) is 34.9 Å². The fourth-order valence-corrected chi connectivity index (χ4v) is 2.12. The van der Waals surface area contributed by atoms with Crippen LogP contribution in [0.5, 0.6) is 11.6 Å². The Kier molecular flexibility index (Phi) is 4.34. The molecule has 3 nitrogen and oxygen atoms in total. The lowest BCUT2D eigenvalue weighted by molar-refractivity contribution is 0.455. The van der Waals surface area contributed by atoms with E-state index >= 15 is 0 Å². The Bertz CT molecular complexity index is 636. The number of thiocarbonyl (C=S) groups is 1. The van der Waals surface area contributed by atoms with Crippen LogP contribution in [0.1, 0.15) is 5.56 Å². The Hall–Kier alpha value is -1.24. The van der Waals surface area contributed by atoms with Crippen LogP contribution in [0.3, 0.4) is 0 Å². The Balaban J connectivity index is 2.26. The molecule has 0 bridgehead atoms. The third kappa shape index (κ3) is 3.40. The molecule has 98 valence electrons. The van der Waals surface area contributed by atoms with E-state index in [1.165, 1.54) is 18.3 Å². The molecule has 1 heterocycles. The molecule has 0 unspecified atom stereocenters. The van der Waals surface area contributed by atoms with E-state index < -0.39 is 5.82 Å². The fraction of sp³-hybridized carbons (Fsp3) is 0. The van der Waals surface area contributed by atoms with Gasteiger partial charge in [-0.2, -0.15) is 0 Å². The van der Waals surface area contributed by atoms with Gasteiger partial charge in [0.1, 0.15) is 16.6 Å². The molecule has 7 heteroatoms. The normalized spacial score (nSPS) is 10.3. The minimum Gasteiger partial charge on any atom is -0.438 e. The van der Waals surface area contributed by atoms with Crippen LogP contribution in [0.25, 0.3) is 0 Å². The van der Waals surface area contributed by atoms with Gasteiger partial charge < -0.3 is 10.5 Å². The molecule has 0 atom stereocenters. The molecule has 2 rings (SSSR count). The highest BCUT2D eigenvalue weighted by atomic mass is 79.9. The summed E-state index contributed by atoms with van der Waals surface area (Å²) in [6.07, 6.45) is 1.48. The first kappa shape index (κ1) is 14.2. The van der Waals surface area contributed by atoms with Crippen LogP contribution in [0.2, 0.25) is 5.02 Å². The molecule has 1 aromatic heterocycles. The molecule has 0 radical (unpaired) electrons. The van der Waals surface area contributed by atoms with Crippen LogP contribution < -0.4 is 10.5 Å². The third-order valence-electron chi connectivity index (χ3n) is 2.21. The number of benzene rings is 1. The lowest BCUT2D eigenvalue weighted by Crippen LogP contribution is -2.09. The molecule has 1 aromatic carbocycles. The van der Waals surface area contributed by atoms with Gasteiger partial charge in [0.25, 0.3) is 0 Å². The minimum absolute atomic E-state index is 0.0102. The molecular formula is C12H7BrClFN2OS. The van der Waals surface area contributed by atoms with Gasteiger partial charge >= 0.3 is 0 Å². The van der Waals surface area contributed by atoms with Crippen LogP contribution in [0.4, 0.5) is 4.39 Å². The van der Waals surface area contributed by atoms with Gasteiger partial charge in [-0.1, -0.05) is 23.8 Å². The van der Waals surface area contributed by atoms with Crippen molar-refractivity contribution in [2.75, 3.05) is 0 Å². The molecule has 0 amide bonds. The molecule has 0 fully saturated rings. The van der Waals surface area contributed by atoms with E-state index in [1.54, 1.807) is 12.1 Å². The molecule has 2 aromatic rings. The lowest BCUT2D eigenvalue weighted by Gasteiger charge is -2.08. The highest BCUT2D eigenvalue weighted by Crippen LogP contribution is 2.33. The summed E-state index contributed by atoms with van der Waals surface area (Å²) in [7, 11) is 0. The van der Waals surface area contributed by atoms with Crippen LogP contribution >= 0.6 is 39.7 Å². The van der Waals surface area contributed by atoms with Gasteiger partial charge in [-0.25, -0.2) is 9.37 Å². The van der Waals surface area contributed by atoms with Gasteiger partial charge in [0.05, 0.1) is 9.50 Å². The van der Waals surface area contributed by atoms with E-state index in [4.69, 9.17) is 34.3 Å². The van der Waals surface area contributed by atoms with Crippen LogP contribution in [-0.2, 0) is 0 Å². The van der Waals surface area contributed by atoms with Gasteiger partial charge in [0, 0.05) is 23.9 Å². The highest BCUT2D eigenvalue weighted by Gasteiger charge is 2.09. The lowest BCUT2D eigenvalue weighted by atomic mass is 10.3. The number of hydrogen-bond donors (Lipinski definition) is 1. The average Bonchev–Trinajstić information content (AvgIpc) is 2.36. The third-order valence-corrected chi connectivity index (χ3v) is 3.36. The molecule has 0 spiro atoms. The number of nitrogens with zero attached hydrogens (tertiary/aromatic N) is 1. The van der Waals surface area contributed by atoms with E-state index in [0.717, 1.165) is 0 Å². The first-order chi connectivity index (χ1) is 8.97. The monoisotopic (exact) mass is 360 g/mol. The SMILES string of the molecule is NC(=S)c1ccc(Oc2cc(F)c(Cl)cc2Br)nc1. The van der Waals surface area contributed by atoms with Gasteiger partial charge in [0.15, 0.2) is 0 Å². The summed E-state index contributed by atoms with van der Waals surface area (Å²) >= 11 is 13.7. The molecule has 0 aliphatic heterocycles. The van der Waals surface area contributed by atoms with Crippen LogP contribution in [0, 0.1) is 5.82 Å². The zero-order valence-electron chi connectivity index (χ0n) is 9.36. The molecule has 19 heavy (non-hydrogen) atoms. The van der Waals surface area contributed by atoms with Crippen molar-refractivity contribution in [1.82, 2.24) is 4.98 Å². The van der Waals surface area contributed by atoms with Crippen molar-refractivity contribution in [2.45, 2.75) is 0 Å². The largest absolute Gasteiger partial charge is 0.438 e. The molecule has 0 aliphatic rings. The van der Waals surface area contributed by atoms with Crippen molar-refractivity contribution in [3.8, 4) is 11.6 Å². The van der Waals surface area contributed by atoms with Crippen molar-refractivity contribution in [1.29, 1.82) is 0 Å². The standard InChI is InChI=1S/C12H7BrClFN2OS/c13-7-3-8(14)9(15)4-10(7)18-11-2-1-6(5-17-11)12(16)19/h1-5H,(H2,16,19). The Labute approximate surface area is 127 Å². The first-order valence-electron chi connectivity index (χ1n) is 5.05. The summed E-state index contributed by atoms with van der Waals surface area (Å²) in [6.45, 7) is 0. The predicted octanol–water partition coefficient (Wildman–Crippen LogP) is 4.06. The zero-order chi connectivity index (χ0) is 14.0. The topological polar surface area (TPSA) is 48.1 Å². The molecule has 0 saturated carbocycles. The first-order valence-corrected chi connectivity index (χ1v) is 6.63. The second kappa shape index (κ2) is 5.81. The van der Waals surface area contributed by atoms with E-state index in [1.807, 2.05) is 0 Å². The smallest absolute Gasteiger partial charge is 0.219 e. The maximum atomic E-state index is 13.3. The van der Waals surface area contributed by atoms with Crippen molar-refractivity contribution in [2.24, 2.45) is 5.73 Å². The minimum atomic E-state index is -0.570. The quantitative estimate of drug-likeness (QED) is 0.661. The molecule has 0 aliphatic carbocycles. The summed E-state index contributed by atoms with van der Waals surface area (Å²) < 4.78 is 19.3. The predicted molar refractivity (Wildman–Crippen MR) is 79.3 cm³/mol. The van der Waals surface area contributed by atoms with Crippen molar-refractivity contribution >= 4 is 44.7 Å². The highest BCUT2D eigenvalue weighted by molar-refractivity contribution is 9.10. The van der Waals surface area contributed by atoms with Gasteiger partial charge in [-0.15, -0.1) is 0 Å². The summed E-state index contributed by atoms with van der Waals surface area (Å²) in [6, 6.07) is 5.85. The number of hydrogen-bond acceptors (Lipinski definition) is 3. The van der Waals surface area contributed by atoms with Gasteiger partial charge in [-0.05, 0) is 28.1 Å². The van der Waals surface area contributed by atoms with Gasteiger partial charge in [-0.3, -0.25) is 0 Å². The van der Waals surface area contributed by atoms with E-state index in [0.29, 0.717) is 15.9 Å². The zero-order valence-corrected chi connectivity index (χ0v) is 12.5. The number of ether oxygens (including phenoxy) is 1. The number of halogens is 3. The maximum absolute atomic E-state index is 13.3. The molecule has 0 saturated heterocycles. The second-order valence-corrected chi connectivity index (χ2v) is 5.25. The Morgan fingerprint density at radius 1 is 1.42 bits per heavy atom. The summed E-state index contributed by atoms with van der Waals surface area (Å²) in [5.74, 6) is -0.000444. The Morgan fingerprint density at radius 3 is 2.74 bits per heavy atom. The maximum Gasteiger partial charge on any atom is 0.219 e. The van der Waals surface area contributed by atoms with E-state index in [-0.39, 0.29) is 15.8 Å². The van der Waals surface area contributed by atoms with E-state index in [2.05, 4.69) is 20.9 Å². The Morgan fingerprint density at radius 2 is 2.16 bits per heavy atom. The number of pyridine rings is 1. The number of nitrogens with two attached hydrogens (primary N) is 1. The van der Waals surface area contributed by atoms with Gasteiger partial charge in [0.2, 0.25) is 5.88 Å². The summed E-state index contributed by atoms with van der Waals surface area (Å²) in [5.41, 5.74) is 6.08.